The first-order chi connectivity index (χ1) is 14.9. The largest absolute Gasteiger partial charge is 0.422 e. The monoisotopic (exact) mass is 473 g/mol. The number of fused-ring (bicyclic) bond motifs is 5. The van der Waals surface area contributed by atoms with E-state index >= 15 is 0 Å². The highest BCUT2D eigenvalue weighted by molar-refractivity contribution is 6.31. The van der Waals surface area contributed by atoms with Gasteiger partial charge < -0.3 is 14.2 Å². The number of benzene rings is 1. The van der Waals surface area contributed by atoms with Crippen LogP contribution in [0.1, 0.15) is 19.4 Å². The Morgan fingerprint density at radius 1 is 1.16 bits per heavy atom. The molecule has 2 bridgehead atoms. The van der Waals surface area contributed by atoms with Crippen molar-refractivity contribution in [2.24, 2.45) is 11.8 Å². The van der Waals surface area contributed by atoms with Crippen LogP contribution in [0.15, 0.2) is 30.4 Å². The molecule has 3 aliphatic heterocycles. The van der Waals surface area contributed by atoms with Crippen molar-refractivity contribution in [2.75, 3.05) is 4.90 Å². The van der Waals surface area contributed by atoms with Crippen molar-refractivity contribution in [3.8, 4) is 0 Å². The number of alkyl halides is 3. The zero-order chi connectivity index (χ0) is 23.6. The van der Waals surface area contributed by atoms with Crippen LogP contribution >= 0.6 is 11.6 Å². The Hall–Kier alpha value is -2.92. The Morgan fingerprint density at radius 3 is 2.34 bits per heavy atom. The minimum absolute atomic E-state index is 0.322. The van der Waals surface area contributed by atoms with E-state index in [-0.39, 0.29) is 5.69 Å². The summed E-state index contributed by atoms with van der Waals surface area (Å²) in [5.41, 5.74) is -3.33. The van der Waals surface area contributed by atoms with Crippen LogP contribution in [0.4, 0.5) is 18.9 Å². The fraction of sp³-hybridized carbons (Fsp3) is 0.400. The SMILES string of the molecule is CC(=O)OC(OC(C)=O)[C@@]12C=C[C@@H](O1)[C@H]1C(=O)N(c3ccc(Cl)c(C(F)(F)F)c3)C(=O)[C@@H]12. The van der Waals surface area contributed by atoms with Crippen molar-refractivity contribution in [1.29, 1.82) is 0 Å². The number of esters is 2. The summed E-state index contributed by atoms with van der Waals surface area (Å²) in [5, 5.41) is -0.591. The second kappa shape index (κ2) is 7.31. The molecule has 3 aliphatic rings. The number of ether oxygens (including phenoxy) is 3. The fourth-order valence-electron chi connectivity index (χ4n) is 4.34. The van der Waals surface area contributed by atoms with Gasteiger partial charge in [0.1, 0.15) is 0 Å². The fourth-order valence-corrected chi connectivity index (χ4v) is 4.57. The van der Waals surface area contributed by atoms with Gasteiger partial charge in [-0.3, -0.25) is 19.2 Å². The van der Waals surface area contributed by atoms with E-state index in [4.69, 9.17) is 25.8 Å². The molecule has 4 atom stereocenters. The minimum atomic E-state index is -4.81. The Kier molecular flexibility index (Phi) is 5.09. The minimum Gasteiger partial charge on any atom is -0.422 e. The lowest BCUT2D eigenvalue weighted by Gasteiger charge is -2.34. The second-order valence-corrected chi connectivity index (χ2v) is 7.93. The van der Waals surface area contributed by atoms with Crippen molar-refractivity contribution < 1.29 is 46.6 Å². The number of carbonyl (C=O) groups excluding carboxylic acids is 4. The van der Waals surface area contributed by atoms with Crippen molar-refractivity contribution in [3.63, 3.8) is 0 Å². The molecular formula is C20H15ClF3NO7. The lowest BCUT2D eigenvalue weighted by Crippen LogP contribution is -2.52. The summed E-state index contributed by atoms with van der Waals surface area (Å²) in [6.07, 6.45) is -4.59. The molecule has 32 heavy (non-hydrogen) atoms. The van der Waals surface area contributed by atoms with Gasteiger partial charge in [0.05, 0.1) is 34.2 Å². The first-order valence-electron chi connectivity index (χ1n) is 9.33. The Morgan fingerprint density at radius 2 is 1.78 bits per heavy atom. The molecule has 1 aromatic rings. The molecule has 0 spiro atoms. The smallest absolute Gasteiger partial charge is 0.417 e. The highest BCUT2D eigenvalue weighted by Crippen LogP contribution is 2.55. The molecule has 0 unspecified atom stereocenters. The van der Waals surface area contributed by atoms with Gasteiger partial charge in [0.25, 0.3) is 6.29 Å². The predicted molar refractivity (Wildman–Crippen MR) is 100.0 cm³/mol. The van der Waals surface area contributed by atoms with E-state index in [1.807, 2.05) is 0 Å². The van der Waals surface area contributed by atoms with Gasteiger partial charge >= 0.3 is 18.1 Å². The highest BCUT2D eigenvalue weighted by Gasteiger charge is 2.72. The first-order valence-corrected chi connectivity index (χ1v) is 9.71. The third kappa shape index (κ3) is 3.27. The van der Waals surface area contributed by atoms with Gasteiger partial charge in [-0.2, -0.15) is 13.2 Å². The Labute approximate surface area is 183 Å². The number of hydrogen-bond donors (Lipinski definition) is 0. The number of rotatable bonds is 4. The van der Waals surface area contributed by atoms with Crippen molar-refractivity contribution in [3.05, 3.63) is 40.9 Å². The topological polar surface area (TPSA) is 99.2 Å². The number of anilines is 1. The average Bonchev–Trinajstić information content (AvgIpc) is 3.32. The average molecular weight is 474 g/mol. The molecule has 0 radical (unpaired) electrons. The van der Waals surface area contributed by atoms with E-state index < -0.39 is 70.3 Å². The molecule has 12 heteroatoms. The molecular weight excluding hydrogens is 459 g/mol. The third-order valence-corrected chi connectivity index (χ3v) is 5.84. The van der Waals surface area contributed by atoms with E-state index in [9.17, 15) is 32.3 Å². The summed E-state index contributed by atoms with van der Waals surface area (Å²) in [5.74, 6) is -5.75. The summed E-state index contributed by atoms with van der Waals surface area (Å²) in [7, 11) is 0. The molecule has 8 nitrogen and oxygen atoms in total. The summed E-state index contributed by atoms with van der Waals surface area (Å²) in [4.78, 5) is 50.2. The highest BCUT2D eigenvalue weighted by atomic mass is 35.5. The van der Waals surface area contributed by atoms with Crippen molar-refractivity contribution in [1.82, 2.24) is 0 Å². The van der Waals surface area contributed by atoms with Crippen LogP contribution in [0.3, 0.4) is 0 Å². The lowest BCUT2D eigenvalue weighted by molar-refractivity contribution is -0.226. The maximum atomic E-state index is 13.3. The van der Waals surface area contributed by atoms with Crippen molar-refractivity contribution >= 4 is 41.0 Å². The first kappa shape index (κ1) is 22.3. The number of nitrogens with zero attached hydrogens (tertiary/aromatic N) is 1. The van der Waals surface area contributed by atoms with E-state index in [1.165, 1.54) is 12.2 Å². The van der Waals surface area contributed by atoms with E-state index in [0.717, 1.165) is 26.0 Å². The molecule has 0 saturated carbocycles. The molecule has 4 rings (SSSR count). The van der Waals surface area contributed by atoms with Crippen molar-refractivity contribution in [2.45, 2.75) is 38.0 Å². The second-order valence-electron chi connectivity index (χ2n) is 7.52. The molecule has 2 amide bonds. The summed E-state index contributed by atoms with van der Waals surface area (Å²) < 4.78 is 55.8. The standard InChI is InChI=1S/C20H15ClF3NO7/c1-8(26)30-18(31-9(2)27)19-6-5-13(32-19)14-15(19)17(29)25(16(14)28)10-3-4-12(21)11(7-10)20(22,23)24/h3-7,13-15,18H,1-2H3/t13-,14-,15-,19+/m1/s1. The number of hydrogen-bond acceptors (Lipinski definition) is 7. The third-order valence-electron chi connectivity index (χ3n) is 5.51. The van der Waals surface area contributed by atoms with Gasteiger partial charge in [0.15, 0.2) is 5.60 Å². The van der Waals surface area contributed by atoms with E-state index in [1.54, 1.807) is 0 Å². The zero-order valence-corrected chi connectivity index (χ0v) is 17.3. The summed E-state index contributed by atoms with van der Waals surface area (Å²) in [6, 6.07) is 2.67. The molecule has 0 aromatic heterocycles. The zero-order valence-electron chi connectivity index (χ0n) is 16.5. The van der Waals surface area contributed by atoms with Gasteiger partial charge in [-0.1, -0.05) is 17.7 Å². The van der Waals surface area contributed by atoms with Crippen LogP contribution in [0.5, 0.6) is 0 Å². The summed E-state index contributed by atoms with van der Waals surface area (Å²) in [6.45, 7) is 2.10. The number of halogens is 4. The molecule has 2 saturated heterocycles. The number of amides is 2. The van der Waals surface area contributed by atoms with Gasteiger partial charge in [0, 0.05) is 13.8 Å². The van der Waals surface area contributed by atoms with Crippen LogP contribution in [0, 0.1) is 11.8 Å². The maximum Gasteiger partial charge on any atom is 0.417 e. The normalized spacial score (nSPS) is 28.5. The molecule has 0 N–H and O–H groups in total. The van der Waals surface area contributed by atoms with E-state index in [0.29, 0.717) is 11.0 Å². The van der Waals surface area contributed by atoms with Crippen LogP contribution in [0.25, 0.3) is 0 Å². The molecule has 170 valence electrons. The molecule has 1 aromatic carbocycles. The Balaban J connectivity index is 1.76. The van der Waals surface area contributed by atoms with Gasteiger partial charge in [-0.25, -0.2) is 4.90 Å². The number of carbonyl (C=O) groups is 4. The van der Waals surface area contributed by atoms with Gasteiger partial charge in [0.2, 0.25) is 11.8 Å². The van der Waals surface area contributed by atoms with Crippen LogP contribution < -0.4 is 4.90 Å². The quantitative estimate of drug-likeness (QED) is 0.287. The van der Waals surface area contributed by atoms with Crippen LogP contribution in [-0.4, -0.2) is 41.7 Å². The maximum absolute atomic E-state index is 13.3. The van der Waals surface area contributed by atoms with Crippen LogP contribution in [-0.2, 0) is 39.6 Å². The van der Waals surface area contributed by atoms with Gasteiger partial charge in [-0.15, -0.1) is 0 Å². The van der Waals surface area contributed by atoms with Crippen LogP contribution in [0.2, 0.25) is 5.02 Å². The predicted octanol–water partition coefficient (Wildman–Crippen LogP) is 2.62. The molecule has 3 heterocycles. The lowest BCUT2D eigenvalue weighted by atomic mass is 9.76. The van der Waals surface area contributed by atoms with E-state index in [2.05, 4.69) is 0 Å². The summed E-state index contributed by atoms with van der Waals surface area (Å²) >= 11 is 5.64. The number of imide groups is 1. The van der Waals surface area contributed by atoms with Gasteiger partial charge in [-0.05, 0) is 24.3 Å². The molecule has 2 fully saturated rings. The Bertz CT molecular complexity index is 1060. The molecule has 0 aliphatic carbocycles.